The molecule has 3 rings (SSSR count). The maximum atomic E-state index is 12.5. The van der Waals surface area contributed by atoms with Crippen LogP contribution in [0.25, 0.3) is 0 Å². The van der Waals surface area contributed by atoms with Gasteiger partial charge in [0.1, 0.15) is 11.9 Å². The third-order valence-corrected chi connectivity index (χ3v) is 5.92. The quantitative estimate of drug-likeness (QED) is 0.340. The number of para-hydroxylation sites is 1. The second kappa shape index (κ2) is 13.1. The van der Waals surface area contributed by atoms with Gasteiger partial charge in [-0.05, 0) is 44.7 Å². The van der Waals surface area contributed by atoms with Crippen LogP contribution in [0.5, 0.6) is 5.75 Å². The van der Waals surface area contributed by atoms with Gasteiger partial charge in [-0.3, -0.25) is 14.7 Å². The molecule has 0 radical (unpaired) electrons. The van der Waals surface area contributed by atoms with E-state index < -0.39 is 0 Å². The molecule has 7 nitrogen and oxygen atoms in total. The number of aliphatic imine (C=N–C) groups is 1. The molecule has 2 aliphatic rings. The van der Waals surface area contributed by atoms with Crippen molar-refractivity contribution >= 4 is 35.8 Å². The van der Waals surface area contributed by atoms with E-state index in [1.54, 1.807) is 0 Å². The first-order chi connectivity index (χ1) is 14.6. The van der Waals surface area contributed by atoms with Crippen molar-refractivity contribution in [3.63, 3.8) is 0 Å². The smallest absolute Gasteiger partial charge is 0.236 e. The van der Waals surface area contributed by atoms with Gasteiger partial charge in [-0.2, -0.15) is 0 Å². The summed E-state index contributed by atoms with van der Waals surface area (Å²) < 4.78 is 6.06. The Kier molecular flexibility index (Phi) is 10.9. The number of ether oxygens (including phenoxy) is 1. The van der Waals surface area contributed by atoms with E-state index in [1.165, 1.54) is 6.42 Å². The van der Waals surface area contributed by atoms with E-state index in [4.69, 9.17) is 4.74 Å². The first kappa shape index (κ1) is 25.7. The van der Waals surface area contributed by atoms with Crippen LogP contribution < -0.4 is 10.1 Å². The summed E-state index contributed by atoms with van der Waals surface area (Å²) >= 11 is 0. The van der Waals surface area contributed by atoms with Gasteiger partial charge >= 0.3 is 0 Å². The number of benzene rings is 1. The normalized spacial score (nSPS) is 18.9. The van der Waals surface area contributed by atoms with Crippen molar-refractivity contribution in [2.24, 2.45) is 4.99 Å². The molecule has 31 heavy (non-hydrogen) atoms. The van der Waals surface area contributed by atoms with E-state index in [9.17, 15) is 4.79 Å². The third-order valence-electron chi connectivity index (χ3n) is 5.92. The molecule has 1 unspecified atom stereocenters. The zero-order valence-electron chi connectivity index (χ0n) is 19.2. The number of rotatable bonds is 6. The lowest BCUT2D eigenvalue weighted by atomic mass is 10.1. The summed E-state index contributed by atoms with van der Waals surface area (Å²) in [6.07, 6.45) is 3.58. The molecular weight excluding hydrogens is 505 g/mol. The van der Waals surface area contributed by atoms with Gasteiger partial charge in [-0.25, -0.2) is 0 Å². The summed E-state index contributed by atoms with van der Waals surface area (Å²) in [5.41, 5.74) is 1.14. The summed E-state index contributed by atoms with van der Waals surface area (Å²) in [7, 11) is 1.82. The highest BCUT2D eigenvalue weighted by Crippen LogP contribution is 2.17. The second-order valence-electron chi connectivity index (χ2n) is 8.33. The maximum absolute atomic E-state index is 12.5. The van der Waals surface area contributed by atoms with Crippen LogP contribution in [0.15, 0.2) is 29.3 Å². The number of carbonyl (C=O) groups is 1. The lowest BCUT2D eigenvalue weighted by Gasteiger charge is -2.37. The molecule has 0 spiro atoms. The van der Waals surface area contributed by atoms with Crippen molar-refractivity contribution in [2.75, 3.05) is 59.4 Å². The van der Waals surface area contributed by atoms with Crippen molar-refractivity contribution in [3.05, 3.63) is 29.8 Å². The minimum Gasteiger partial charge on any atom is -0.489 e. The molecule has 2 aliphatic heterocycles. The van der Waals surface area contributed by atoms with Gasteiger partial charge < -0.3 is 19.9 Å². The Morgan fingerprint density at radius 1 is 1.06 bits per heavy atom. The van der Waals surface area contributed by atoms with Crippen molar-refractivity contribution in [1.29, 1.82) is 0 Å². The zero-order valence-corrected chi connectivity index (χ0v) is 21.5. The van der Waals surface area contributed by atoms with Crippen molar-refractivity contribution in [2.45, 2.75) is 39.2 Å². The Bertz CT molecular complexity index is 716. The first-order valence-corrected chi connectivity index (χ1v) is 11.2. The molecule has 1 N–H and O–H groups in total. The van der Waals surface area contributed by atoms with Gasteiger partial charge in [0.05, 0.1) is 13.1 Å². The molecule has 0 saturated carbocycles. The predicted molar refractivity (Wildman–Crippen MR) is 136 cm³/mol. The number of nitrogens with zero attached hydrogens (tertiary/aromatic N) is 4. The number of hydrogen-bond acceptors (Lipinski definition) is 4. The molecule has 8 heteroatoms. The molecule has 174 valence electrons. The number of piperidine rings is 1. The van der Waals surface area contributed by atoms with E-state index in [-0.39, 0.29) is 36.0 Å². The number of piperazine rings is 1. The van der Waals surface area contributed by atoms with Gasteiger partial charge in [0, 0.05) is 46.3 Å². The zero-order chi connectivity index (χ0) is 21.3. The number of likely N-dealkylation sites (tertiary alicyclic amines) is 1. The summed E-state index contributed by atoms with van der Waals surface area (Å²) in [5.74, 6) is 2.11. The fraction of sp³-hybridized carbons (Fsp3) is 0.652. The SMILES string of the molecule is CN=C(NCC(C)Oc1ccccc1C)N1CCN(CC(=O)N2CCCCC2)CC1.I. The van der Waals surface area contributed by atoms with Crippen LogP contribution in [0, 0.1) is 6.92 Å². The minimum atomic E-state index is 0. The Hall–Kier alpha value is -1.55. The van der Waals surface area contributed by atoms with Gasteiger partial charge in [-0.15, -0.1) is 24.0 Å². The summed E-state index contributed by atoms with van der Waals surface area (Å²) in [5, 5.41) is 3.44. The van der Waals surface area contributed by atoms with Gasteiger partial charge in [-0.1, -0.05) is 18.2 Å². The summed E-state index contributed by atoms with van der Waals surface area (Å²) in [6, 6.07) is 8.08. The average Bonchev–Trinajstić information content (AvgIpc) is 2.77. The van der Waals surface area contributed by atoms with Gasteiger partial charge in [0.2, 0.25) is 5.91 Å². The molecule has 1 aromatic rings. The molecule has 2 heterocycles. The molecule has 2 saturated heterocycles. The Labute approximate surface area is 204 Å². The van der Waals surface area contributed by atoms with Crippen molar-refractivity contribution < 1.29 is 9.53 Å². The molecular formula is C23H38IN5O2. The second-order valence-corrected chi connectivity index (χ2v) is 8.33. The minimum absolute atomic E-state index is 0. The van der Waals surface area contributed by atoms with Crippen LogP contribution in [0.4, 0.5) is 0 Å². The molecule has 0 bridgehead atoms. The Balaban J connectivity index is 0.00000341. The lowest BCUT2D eigenvalue weighted by molar-refractivity contribution is -0.133. The summed E-state index contributed by atoms with van der Waals surface area (Å²) in [6.45, 7) is 10.7. The van der Waals surface area contributed by atoms with Crippen LogP contribution >= 0.6 is 24.0 Å². The molecule has 0 aliphatic carbocycles. The van der Waals surface area contributed by atoms with Gasteiger partial charge in [0.25, 0.3) is 0 Å². The van der Waals surface area contributed by atoms with Crippen LogP contribution in [0.1, 0.15) is 31.7 Å². The lowest BCUT2D eigenvalue weighted by Crippen LogP contribution is -2.55. The van der Waals surface area contributed by atoms with E-state index in [2.05, 4.69) is 40.0 Å². The van der Waals surface area contributed by atoms with Crippen LogP contribution in [-0.2, 0) is 4.79 Å². The number of halogens is 1. The molecule has 0 aromatic heterocycles. The molecule has 1 amide bonds. The predicted octanol–water partition coefficient (Wildman–Crippen LogP) is 2.59. The highest BCUT2D eigenvalue weighted by Gasteiger charge is 2.24. The largest absolute Gasteiger partial charge is 0.489 e. The van der Waals surface area contributed by atoms with Crippen molar-refractivity contribution in [1.82, 2.24) is 20.0 Å². The van der Waals surface area contributed by atoms with Crippen LogP contribution in [0.3, 0.4) is 0 Å². The Morgan fingerprint density at radius 3 is 2.39 bits per heavy atom. The fourth-order valence-corrected chi connectivity index (χ4v) is 4.07. The average molecular weight is 543 g/mol. The number of hydrogen-bond donors (Lipinski definition) is 1. The highest BCUT2D eigenvalue weighted by atomic mass is 127. The highest BCUT2D eigenvalue weighted by molar-refractivity contribution is 14.0. The van der Waals surface area contributed by atoms with E-state index in [0.717, 1.165) is 69.4 Å². The number of aryl methyl sites for hydroxylation is 1. The molecule has 2 fully saturated rings. The standard InChI is InChI=1S/C23H37N5O2.HI/c1-19-9-5-6-10-21(19)30-20(2)17-25-23(24-3)28-15-13-26(14-16-28)18-22(29)27-11-7-4-8-12-27;/h5-6,9-10,20H,4,7-8,11-18H2,1-3H3,(H,24,25);1H. The fourth-order valence-electron chi connectivity index (χ4n) is 4.07. The molecule has 1 aromatic carbocycles. The maximum Gasteiger partial charge on any atom is 0.236 e. The molecule has 1 atom stereocenters. The van der Waals surface area contributed by atoms with E-state index in [1.807, 2.05) is 30.1 Å². The topological polar surface area (TPSA) is 60.4 Å². The number of carbonyl (C=O) groups excluding carboxylic acids is 1. The van der Waals surface area contributed by atoms with E-state index in [0.29, 0.717) is 13.1 Å². The Morgan fingerprint density at radius 2 is 1.74 bits per heavy atom. The van der Waals surface area contributed by atoms with Crippen molar-refractivity contribution in [3.8, 4) is 5.75 Å². The van der Waals surface area contributed by atoms with Crippen LogP contribution in [0.2, 0.25) is 0 Å². The van der Waals surface area contributed by atoms with Gasteiger partial charge in [0.15, 0.2) is 5.96 Å². The first-order valence-electron chi connectivity index (χ1n) is 11.2. The third kappa shape index (κ3) is 7.82. The number of amides is 1. The summed E-state index contributed by atoms with van der Waals surface area (Å²) in [4.78, 5) is 23.5. The number of nitrogens with one attached hydrogen (secondary N) is 1. The van der Waals surface area contributed by atoms with Crippen LogP contribution in [-0.4, -0.2) is 92.1 Å². The number of guanidine groups is 1. The van der Waals surface area contributed by atoms with E-state index >= 15 is 0 Å². The monoisotopic (exact) mass is 543 g/mol.